The average molecular weight is 252 g/mol. The lowest BCUT2D eigenvalue weighted by Crippen LogP contribution is -2.37. The van der Waals surface area contributed by atoms with Gasteiger partial charge in [0.15, 0.2) is 0 Å². The number of benzene rings is 1. The number of aliphatic hydroxyl groups is 1. The van der Waals surface area contributed by atoms with Gasteiger partial charge in [-0.2, -0.15) is 0 Å². The molecule has 0 aliphatic heterocycles. The summed E-state index contributed by atoms with van der Waals surface area (Å²) < 4.78 is 4.85. The van der Waals surface area contributed by atoms with E-state index >= 15 is 0 Å². The van der Waals surface area contributed by atoms with Gasteiger partial charge in [0.25, 0.3) is 0 Å². The zero-order chi connectivity index (χ0) is 13.2. The zero-order valence-electron chi connectivity index (χ0n) is 10.6. The van der Waals surface area contributed by atoms with Gasteiger partial charge in [-0.1, -0.05) is 30.3 Å². The number of amides is 1. The standard InChI is InChI=1S/C13H20N2O3/c1-18-8-7-14-10-13(17)15-9-12(16)11-5-3-2-4-6-11/h2-6,12,14,16H,7-10H2,1H3,(H,15,17). The first-order valence-electron chi connectivity index (χ1n) is 5.93. The van der Waals surface area contributed by atoms with Crippen molar-refractivity contribution < 1.29 is 14.6 Å². The van der Waals surface area contributed by atoms with Crippen LogP contribution in [0.2, 0.25) is 0 Å². The number of rotatable bonds is 8. The quantitative estimate of drug-likeness (QED) is 0.573. The lowest BCUT2D eigenvalue weighted by molar-refractivity contribution is -0.120. The molecule has 0 saturated heterocycles. The van der Waals surface area contributed by atoms with Gasteiger partial charge < -0.3 is 20.5 Å². The largest absolute Gasteiger partial charge is 0.387 e. The Morgan fingerprint density at radius 2 is 2.11 bits per heavy atom. The third-order valence-electron chi connectivity index (χ3n) is 2.45. The van der Waals surface area contributed by atoms with Crippen LogP contribution in [0.1, 0.15) is 11.7 Å². The number of aliphatic hydroxyl groups excluding tert-OH is 1. The Morgan fingerprint density at radius 1 is 1.39 bits per heavy atom. The first-order valence-corrected chi connectivity index (χ1v) is 5.93. The second-order valence-corrected chi connectivity index (χ2v) is 3.90. The van der Waals surface area contributed by atoms with Gasteiger partial charge in [-0.25, -0.2) is 0 Å². The maximum atomic E-state index is 11.4. The highest BCUT2D eigenvalue weighted by Gasteiger charge is 2.08. The van der Waals surface area contributed by atoms with Crippen molar-refractivity contribution in [3.63, 3.8) is 0 Å². The number of carbonyl (C=O) groups is 1. The summed E-state index contributed by atoms with van der Waals surface area (Å²) in [6.45, 7) is 1.64. The van der Waals surface area contributed by atoms with E-state index in [0.717, 1.165) is 5.56 Å². The number of hydrogen-bond acceptors (Lipinski definition) is 4. The Balaban J connectivity index is 2.18. The molecular formula is C13H20N2O3. The summed E-state index contributed by atoms with van der Waals surface area (Å²) in [5, 5.41) is 15.4. The molecule has 0 aliphatic rings. The van der Waals surface area contributed by atoms with Crippen molar-refractivity contribution in [2.24, 2.45) is 0 Å². The fourth-order valence-corrected chi connectivity index (χ4v) is 1.44. The smallest absolute Gasteiger partial charge is 0.234 e. The van der Waals surface area contributed by atoms with E-state index in [2.05, 4.69) is 10.6 Å². The highest BCUT2D eigenvalue weighted by Crippen LogP contribution is 2.10. The van der Waals surface area contributed by atoms with Crippen LogP contribution < -0.4 is 10.6 Å². The summed E-state index contributed by atoms with van der Waals surface area (Å²) in [5.74, 6) is -0.138. The highest BCUT2D eigenvalue weighted by atomic mass is 16.5. The highest BCUT2D eigenvalue weighted by molar-refractivity contribution is 5.78. The predicted molar refractivity (Wildman–Crippen MR) is 69.2 cm³/mol. The molecule has 0 saturated carbocycles. The van der Waals surface area contributed by atoms with Crippen LogP contribution in [0.25, 0.3) is 0 Å². The summed E-state index contributed by atoms with van der Waals surface area (Å²) in [5.41, 5.74) is 0.796. The van der Waals surface area contributed by atoms with Crippen molar-refractivity contribution >= 4 is 5.91 Å². The van der Waals surface area contributed by atoms with Gasteiger partial charge in [0, 0.05) is 20.2 Å². The number of ether oxygens (including phenoxy) is 1. The van der Waals surface area contributed by atoms with E-state index in [1.165, 1.54) is 0 Å². The third kappa shape index (κ3) is 5.77. The van der Waals surface area contributed by atoms with Gasteiger partial charge in [-0.15, -0.1) is 0 Å². The number of nitrogens with one attached hydrogen (secondary N) is 2. The summed E-state index contributed by atoms with van der Waals surface area (Å²) in [6, 6.07) is 9.25. The molecular weight excluding hydrogens is 232 g/mol. The van der Waals surface area contributed by atoms with Gasteiger partial charge in [0.2, 0.25) is 5.91 Å². The van der Waals surface area contributed by atoms with E-state index in [4.69, 9.17) is 4.74 Å². The zero-order valence-corrected chi connectivity index (χ0v) is 10.6. The van der Waals surface area contributed by atoms with Gasteiger partial charge in [0.1, 0.15) is 0 Å². The van der Waals surface area contributed by atoms with Crippen LogP contribution in [-0.4, -0.2) is 44.4 Å². The van der Waals surface area contributed by atoms with E-state index in [1.807, 2.05) is 30.3 Å². The normalized spacial score (nSPS) is 12.1. The topological polar surface area (TPSA) is 70.6 Å². The molecule has 1 aromatic rings. The molecule has 1 aromatic carbocycles. The first kappa shape index (κ1) is 14.6. The van der Waals surface area contributed by atoms with Crippen LogP contribution in [0.3, 0.4) is 0 Å². The summed E-state index contributed by atoms with van der Waals surface area (Å²) in [4.78, 5) is 11.4. The van der Waals surface area contributed by atoms with Crippen LogP contribution >= 0.6 is 0 Å². The van der Waals surface area contributed by atoms with Crippen molar-refractivity contribution in [3.05, 3.63) is 35.9 Å². The molecule has 100 valence electrons. The molecule has 0 aromatic heterocycles. The Hall–Kier alpha value is -1.43. The molecule has 18 heavy (non-hydrogen) atoms. The van der Waals surface area contributed by atoms with Crippen molar-refractivity contribution in [2.45, 2.75) is 6.10 Å². The molecule has 1 unspecified atom stereocenters. The van der Waals surface area contributed by atoms with E-state index < -0.39 is 6.10 Å². The van der Waals surface area contributed by atoms with E-state index in [0.29, 0.717) is 13.2 Å². The summed E-state index contributed by atoms with van der Waals surface area (Å²) in [7, 11) is 1.61. The van der Waals surface area contributed by atoms with E-state index in [9.17, 15) is 9.90 Å². The van der Waals surface area contributed by atoms with Crippen molar-refractivity contribution in [2.75, 3.05) is 33.4 Å². The molecule has 1 amide bonds. The van der Waals surface area contributed by atoms with Crippen LogP contribution in [0, 0.1) is 0 Å². The molecule has 0 bridgehead atoms. The third-order valence-corrected chi connectivity index (χ3v) is 2.45. The molecule has 0 heterocycles. The maximum absolute atomic E-state index is 11.4. The molecule has 0 aliphatic carbocycles. The second-order valence-electron chi connectivity index (χ2n) is 3.90. The summed E-state index contributed by atoms with van der Waals surface area (Å²) in [6.07, 6.45) is -0.672. The molecule has 5 nitrogen and oxygen atoms in total. The maximum Gasteiger partial charge on any atom is 0.234 e. The number of methoxy groups -OCH3 is 1. The van der Waals surface area contributed by atoms with Crippen LogP contribution in [0.15, 0.2) is 30.3 Å². The molecule has 1 rings (SSSR count). The summed E-state index contributed by atoms with van der Waals surface area (Å²) >= 11 is 0. The van der Waals surface area contributed by atoms with Crippen molar-refractivity contribution in [1.29, 1.82) is 0 Å². The minimum Gasteiger partial charge on any atom is -0.387 e. The minimum absolute atomic E-state index is 0.138. The van der Waals surface area contributed by atoms with Gasteiger partial charge in [-0.05, 0) is 5.56 Å². The lowest BCUT2D eigenvalue weighted by atomic mass is 10.1. The fraction of sp³-hybridized carbons (Fsp3) is 0.462. The SMILES string of the molecule is COCCNCC(=O)NCC(O)c1ccccc1. The van der Waals surface area contributed by atoms with E-state index in [1.54, 1.807) is 7.11 Å². The second kappa shape index (κ2) is 8.63. The van der Waals surface area contributed by atoms with Gasteiger partial charge in [-0.3, -0.25) is 4.79 Å². The Labute approximate surface area is 107 Å². The average Bonchev–Trinajstić information content (AvgIpc) is 2.42. The molecule has 0 spiro atoms. The number of carbonyl (C=O) groups excluding carboxylic acids is 1. The van der Waals surface area contributed by atoms with Crippen molar-refractivity contribution in [3.8, 4) is 0 Å². The number of hydrogen-bond donors (Lipinski definition) is 3. The molecule has 0 radical (unpaired) electrons. The molecule has 5 heteroatoms. The van der Waals surface area contributed by atoms with Crippen LogP contribution in [0.5, 0.6) is 0 Å². The Bertz CT molecular complexity index is 343. The Morgan fingerprint density at radius 3 is 2.78 bits per heavy atom. The fourth-order valence-electron chi connectivity index (χ4n) is 1.44. The van der Waals surface area contributed by atoms with Crippen LogP contribution in [0.4, 0.5) is 0 Å². The van der Waals surface area contributed by atoms with Crippen molar-refractivity contribution in [1.82, 2.24) is 10.6 Å². The lowest BCUT2D eigenvalue weighted by Gasteiger charge is -2.12. The van der Waals surface area contributed by atoms with Gasteiger partial charge >= 0.3 is 0 Å². The molecule has 3 N–H and O–H groups in total. The minimum atomic E-state index is -0.672. The van der Waals surface area contributed by atoms with E-state index in [-0.39, 0.29) is 19.0 Å². The van der Waals surface area contributed by atoms with Crippen LogP contribution in [-0.2, 0) is 9.53 Å². The first-order chi connectivity index (χ1) is 8.74. The van der Waals surface area contributed by atoms with Gasteiger partial charge in [0.05, 0.1) is 19.3 Å². The Kier molecular flexibility index (Phi) is 7.01. The molecule has 1 atom stereocenters. The monoisotopic (exact) mass is 252 g/mol. The molecule has 0 fully saturated rings. The predicted octanol–water partition coefficient (Wildman–Crippen LogP) is 0.0722.